The second kappa shape index (κ2) is 9.52. The number of aromatic nitrogens is 2. The Kier molecular flexibility index (Phi) is 6.37. The molecule has 1 aliphatic heterocycles. The molecule has 1 saturated heterocycles. The van der Waals surface area contributed by atoms with Crippen LogP contribution in [0.5, 0.6) is 11.5 Å². The maximum absolute atomic E-state index is 13.2. The fourth-order valence-corrected chi connectivity index (χ4v) is 3.42. The van der Waals surface area contributed by atoms with E-state index < -0.39 is 0 Å². The molecular formula is C21H24BN5O4. The zero-order valence-corrected chi connectivity index (χ0v) is 17.5. The quantitative estimate of drug-likeness (QED) is 0.575. The van der Waals surface area contributed by atoms with E-state index in [0.29, 0.717) is 25.4 Å². The first kappa shape index (κ1) is 20.7. The summed E-state index contributed by atoms with van der Waals surface area (Å²) in [4.78, 5) is 25.5. The van der Waals surface area contributed by atoms with Gasteiger partial charge in [-0.25, -0.2) is 0 Å². The van der Waals surface area contributed by atoms with Gasteiger partial charge in [0.15, 0.2) is 13.7 Å². The lowest BCUT2D eigenvalue weighted by molar-refractivity contribution is 0.0464. The second-order valence-corrected chi connectivity index (χ2v) is 7.31. The molecule has 1 aromatic carbocycles. The van der Waals surface area contributed by atoms with E-state index in [0.717, 1.165) is 18.0 Å². The minimum Gasteiger partial charge on any atom is -0.497 e. The van der Waals surface area contributed by atoms with Crippen LogP contribution in [0.15, 0.2) is 59.5 Å². The first-order chi connectivity index (χ1) is 15.1. The van der Waals surface area contributed by atoms with Gasteiger partial charge in [-0.2, -0.15) is 4.98 Å². The topological polar surface area (TPSA) is 93.0 Å². The van der Waals surface area contributed by atoms with Gasteiger partial charge in [-0.05, 0) is 36.4 Å². The number of methoxy groups -OCH3 is 1. The standard InChI is InChI=1S/C21H24BN5O4/c1-29-17-6-4-15(5-7-17)24-21-25-19(14-31-21)20(28)27-10-9-26(22)12-16(27)13-30-18-3-2-8-23-11-18/h2-8,11,14,16H,9-10,12-13,22H2,1H3,(H,24,25). The number of anilines is 2. The zero-order chi connectivity index (χ0) is 21.6. The van der Waals surface area contributed by atoms with E-state index in [2.05, 4.69) is 20.1 Å². The molecule has 1 fully saturated rings. The molecule has 0 saturated carbocycles. The Labute approximate surface area is 181 Å². The molecule has 160 valence electrons. The van der Waals surface area contributed by atoms with Gasteiger partial charge in [0.2, 0.25) is 0 Å². The van der Waals surface area contributed by atoms with E-state index in [-0.39, 0.29) is 23.7 Å². The number of benzene rings is 1. The number of pyridine rings is 1. The van der Waals surface area contributed by atoms with Crippen LogP contribution in [0.2, 0.25) is 0 Å². The van der Waals surface area contributed by atoms with Gasteiger partial charge in [-0.15, -0.1) is 0 Å². The summed E-state index contributed by atoms with van der Waals surface area (Å²) in [6.45, 7) is 2.45. The lowest BCUT2D eigenvalue weighted by atomic mass is 10.1. The molecule has 3 heterocycles. The van der Waals surface area contributed by atoms with E-state index in [1.807, 2.05) is 44.4 Å². The van der Waals surface area contributed by atoms with Crippen LogP contribution >= 0.6 is 0 Å². The number of nitrogens with zero attached hydrogens (tertiary/aromatic N) is 4. The van der Waals surface area contributed by atoms with Gasteiger partial charge in [-0.3, -0.25) is 9.78 Å². The Morgan fingerprint density at radius 1 is 1.26 bits per heavy atom. The van der Waals surface area contributed by atoms with E-state index >= 15 is 0 Å². The average Bonchev–Trinajstić information content (AvgIpc) is 3.27. The molecule has 0 bridgehead atoms. The molecule has 1 atom stereocenters. The van der Waals surface area contributed by atoms with Crippen LogP contribution in [0.4, 0.5) is 11.7 Å². The van der Waals surface area contributed by atoms with Crippen LogP contribution in [0.3, 0.4) is 0 Å². The van der Waals surface area contributed by atoms with Crippen molar-refractivity contribution in [1.29, 1.82) is 0 Å². The van der Waals surface area contributed by atoms with Gasteiger partial charge >= 0.3 is 0 Å². The Balaban J connectivity index is 1.42. The highest BCUT2D eigenvalue weighted by Crippen LogP contribution is 2.21. The number of nitrogens with one attached hydrogen (secondary N) is 1. The van der Waals surface area contributed by atoms with Gasteiger partial charge in [-0.1, -0.05) is 0 Å². The number of ether oxygens (including phenoxy) is 2. The van der Waals surface area contributed by atoms with Crippen LogP contribution in [0.1, 0.15) is 10.5 Å². The number of carbonyl (C=O) groups is 1. The molecule has 31 heavy (non-hydrogen) atoms. The normalized spacial score (nSPS) is 16.7. The van der Waals surface area contributed by atoms with Crippen molar-refractivity contribution >= 4 is 25.6 Å². The van der Waals surface area contributed by atoms with E-state index in [4.69, 9.17) is 13.9 Å². The first-order valence-electron chi connectivity index (χ1n) is 10.0. The number of amides is 1. The number of carbonyl (C=O) groups excluding carboxylic acids is 1. The van der Waals surface area contributed by atoms with Crippen LogP contribution in [0, 0.1) is 0 Å². The molecule has 4 rings (SSSR count). The van der Waals surface area contributed by atoms with Gasteiger partial charge in [0.05, 0.1) is 19.3 Å². The summed E-state index contributed by atoms with van der Waals surface area (Å²) in [5.41, 5.74) is 1.04. The molecule has 0 spiro atoms. The summed E-state index contributed by atoms with van der Waals surface area (Å²) in [6, 6.07) is 11.2. The minimum atomic E-state index is -0.181. The molecule has 1 N–H and O–H groups in total. The van der Waals surface area contributed by atoms with E-state index in [9.17, 15) is 4.79 Å². The van der Waals surface area contributed by atoms with Crippen molar-refractivity contribution in [2.45, 2.75) is 6.04 Å². The zero-order valence-electron chi connectivity index (χ0n) is 17.5. The highest BCUT2D eigenvalue weighted by Gasteiger charge is 2.31. The van der Waals surface area contributed by atoms with Gasteiger partial charge in [0.25, 0.3) is 11.9 Å². The van der Waals surface area contributed by atoms with Gasteiger partial charge < -0.3 is 28.9 Å². The summed E-state index contributed by atoms with van der Waals surface area (Å²) >= 11 is 0. The predicted octanol–water partition coefficient (Wildman–Crippen LogP) is 1.58. The summed E-state index contributed by atoms with van der Waals surface area (Å²) in [6.07, 6.45) is 4.73. The molecule has 0 radical (unpaired) electrons. The molecule has 1 aliphatic rings. The van der Waals surface area contributed by atoms with Crippen LogP contribution in [-0.4, -0.2) is 73.0 Å². The molecule has 9 nitrogen and oxygen atoms in total. The van der Waals surface area contributed by atoms with Crippen LogP contribution in [0.25, 0.3) is 0 Å². The third-order valence-electron chi connectivity index (χ3n) is 5.09. The fourth-order valence-electron chi connectivity index (χ4n) is 3.42. The highest BCUT2D eigenvalue weighted by molar-refractivity contribution is 6.04. The van der Waals surface area contributed by atoms with Crippen LogP contribution < -0.4 is 14.8 Å². The Hall–Kier alpha value is -3.53. The largest absolute Gasteiger partial charge is 0.497 e. The monoisotopic (exact) mass is 421 g/mol. The third kappa shape index (κ3) is 5.15. The Morgan fingerprint density at radius 3 is 2.84 bits per heavy atom. The smallest absolute Gasteiger partial charge is 0.299 e. The Morgan fingerprint density at radius 2 is 2.10 bits per heavy atom. The highest BCUT2D eigenvalue weighted by atomic mass is 16.5. The minimum absolute atomic E-state index is 0.110. The van der Waals surface area contributed by atoms with Gasteiger partial charge in [0, 0.05) is 31.5 Å². The Bertz CT molecular complexity index is 999. The number of rotatable bonds is 7. The van der Waals surface area contributed by atoms with Crippen LogP contribution in [-0.2, 0) is 0 Å². The van der Waals surface area contributed by atoms with Gasteiger partial charge in [0.1, 0.15) is 24.4 Å². The van der Waals surface area contributed by atoms with Crippen molar-refractivity contribution in [3.8, 4) is 11.5 Å². The molecule has 10 heteroatoms. The molecule has 2 aromatic heterocycles. The number of piperazine rings is 1. The average molecular weight is 421 g/mol. The molecule has 1 amide bonds. The molecular weight excluding hydrogens is 397 g/mol. The molecule has 0 aliphatic carbocycles. The first-order valence-corrected chi connectivity index (χ1v) is 10.0. The predicted molar refractivity (Wildman–Crippen MR) is 117 cm³/mol. The lowest BCUT2D eigenvalue weighted by Crippen LogP contribution is -2.56. The fraction of sp³-hybridized carbons (Fsp3) is 0.286. The summed E-state index contributed by atoms with van der Waals surface area (Å²) in [7, 11) is 3.65. The van der Waals surface area contributed by atoms with Crippen molar-refractivity contribution < 1.29 is 18.7 Å². The lowest BCUT2D eigenvalue weighted by Gasteiger charge is -2.39. The summed E-state index contributed by atoms with van der Waals surface area (Å²) in [5, 5.41) is 3.05. The third-order valence-corrected chi connectivity index (χ3v) is 5.09. The maximum Gasteiger partial charge on any atom is 0.299 e. The van der Waals surface area contributed by atoms with Crippen molar-refractivity contribution in [1.82, 2.24) is 19.7 Å². The maximum atomic E-state index is 13.2. The summed E-state index contributed by atoms with van der Waals surface area (Å²) < 4.78 is 16.5. The SMILES string of the molecule is BN1CCN(C(=O)c2coc(Nc3ccc(OC)cc3)n2)C(COc2cccnc2)C1. The molecule has 3 aromatic rings. The molecule has 1 unspecified atom stereocenters. The summed E-state index contributed by atoms with van der Waals surface area (Å²) in [5.74, 6) is 1.25. The number of oxazole rings is 1. The van der Waals surface area contributed by atoms with E-state index in [1.54, 1.807) is 24.4 Å². The number of hydrogen-bond donors (Lipinski definition) is 1. The van der Waals surface area contributed by atoms with E-state index in [1.165, 1.54) is 6.26 Å². The van der Waals surface area contributed by atoms with Crippen molar-refractivity contribution in [3.63, 3.8) is 0 Å². The van der Waals surface area contributed by atoms with Crippen molar-refractivity contribution in [2.24, 2.45) is 0 Å². The van der Waals surface area contributed by atoms with Crippen molar-refractivity contribution in [2.75, 3.05) is 38.7 Å². The van der Waals surface area contributed by atoms with Crippen molar-refractivity contribution in [3.05, 3.63) is 60.7 Å². The second-order valence-electron chi connectivity index (χ2n) is 7.31. The number of hydrogen-bond acceptors (Lipinski definition) is 8.